The molecule has 6 atom stereocenters. The third-order valence-corrected chi connectivity index (χ3v) is 8.25. The van der Waals surface area contributed by atoms with Gasteiger partial charge in [-0.05, 0) is 50.4 Å². The summed E-state index contributed by atoms with van der Waals surface area (Å²) in [4.78, 5) is 27.8. The molecule has 1 aromatic carbocycles. The van der Waals surface area contributed by atoms with Crippen molar-refractivity contribution in [2.75, 3.05) is 13.6 Å². The number of nitrogens with zero attached hydrogens (tertiary/aromatic N) is 1. The first kappa shape index (κ1) is 20.0. The van der Waals surface area contributed by atoms with Crippen LogP contribution in [0.2, 0.25) is 0 Å². The number of aliphatic hydroxyl groups is 1. The fourth-order valence-electron chi connectivity index (χ4n) is 6.27. The number of likely N-dealkylation sites (N-methyl/N-ethyl adjacent to an activating group) is 1. The number of piperidine rings is 1. The van der Waals surface area contributed by atoms with Crippen LogP contribution in [0.5, 0.6) is 11.5 Å². The number of carbonyl (C=O) groups excluding carboxylic acids is 2. The van der Waals surface area contributed by atoms with Crippen molar-refractivity contribution in [1.82, 2.24) is 4.90 Å². The highest BCUT2D eigenvalue weighted by Gasteiger charge is 2.72. The normalized spacial score (nSPS) is 36.0. The van der Waals surface area contributed by atoms with Crippen LogP contribution >= 0.6 is 0 Å². The summed E-state index contributed by atoms with van der Waals surface area (Å²) in [6.07, 6.45) is 2.08. The predicted octanol–water partition coefficient (Wildman–Crippen LogP) is 1.32. The molecule has 7 heteroatoms. The second kappa shape index (κ2) is 6.52. The molecule has 0 unspecified atom stereocenters. The van der Waals surface area contributed by atoms with Gasteiger partial charge < -0.3 is 25.2 Å². The van der Waals surface area contributed by atoms with Gasteiger partial charge in [0, 0.05) is 18.0 Å². The van der Waals surface area contributed by atoms with E-state index >= 15 is 0 Å². The van der Waals surface area contributed by atoms with Gasteiger partial charge in [-0.15, -0.1) is 0 Å². The van der Waals surface area contributed by atoms with Crippen LogP contribution in [0.15, 0.2) is 12.1 Å². The minimum Gasteiger partial charge on any atom is -0.477 e. The average molecular weight is 415 g/mol. The lowest BCUT2D eigenvalue weighted by molar-refractivity contribution is -0.185. The Kier molecular flexibility index (Phi) is 4.34. The zero-order valence-corrected chi connectivity index (χ0v) is 17.8. The van der Waals surface area contributed by atoms with Crippen molar-refractivity contribution < 1.29 is 24.2 Å². The number of ether oxygens (including phenoxy) is 2. The topological polar surface area (TPSA) is 102 Å². The molecule has 7 nitrogen and oxygen atoms in total. The fourth-order valence-corrected chi connectivity index (χ4v) is 6.27. The first-order valence-corrected chi connectivity index (χ1v) is 11.0. The Balaban J connectivity index is 1.62. The smallest absolute Gasteiger partial charge is 0.328 e. The number of likely N-dealkylation sites (tertiary alicyclic amines) is 1. The first-order valence-electron chi connectivity index (χ1n) is 11.0. The standard InChI is InChI=1S/C23H30N2O5/c1-4-12(2)18(24)21(27)29-15-6-5-13-11-16-23(28)8-7-14(26)20-22(23,9-10-25(16)3)17(13)19(15)30-20/h5-6,12,16,18,20,28H,4,7-11,24H2,1-3H3/t12-,16+,18-,20-,22-,23+/m0/s1. The van der Waals surface area contributed by atoms with E-state index in [0.717, 1.165) is 24.1 Å². The summed E-state index contributed by atoms with van der Waals surface area (Å²) in [5, 5.41) is 12.0. The van der Waals surface area contributed by atoms with Crippen molar-refractivity contribution in [2.45, 2.75) is 75.2 Å². The number of ketones is 1. The van der Waals surface area contributed by atoms with Crippen LogP contribution in [0.25, 0.3) is 0 Å². The molecule has 2 heterocycles. The quantitative estimate of drug-likeness (QED) is 0.566. The Morgan fingerprint density at radius 2 is 2.20 bits per heavy atom. The molecule has 1 saturated carbocycles. The summed E-state index contributed by atoms with van der Waals surface area (Å²) in [7, 11) is 2.04. The van der Waals surface area contributed by atoms with Crippen LogP contribution in [-0.4, -0.2) is 59.1 Å². The number of carbonyl (C=O) groups is 2. The van der Waals surface area contributed by atoms with E-state index in [2.05, 4.69) is 4.90 Å². The Morgan fingerprint density at radius 1 is 1.43 bits per heavy atom. The molecule has 3 N–H and O–H groups in total. The Labute approximate surface area is 176 Å². The van der Waals surface area contributed by atoms with Crippen LogP contribution in [0.1, 0.15) is 50.7 Å². The van der Waals surface area contributed by atoms with Crippen LogP contribution in [0.3, 0.4) is 0 Å². The number of esters is 1. The highest BCUT2D eigenvalue weighted by molar-refractivity contribution is 5.90. The van der Waals surface area contributed by atoms with Gasteiger partial charge in [0.2, 0.25) is 0 Å². The lowest BCUT2D eigenvalue weighted by atomic mass is 9.49. The summed E-state index contributed by atoms with van der Waals surface area (Å²) >= 11 is 0. The summed E-state index contributed by atoms with van der Waals surface area (Å²) < 4.78 is 11.9. The molecule has 2 fully saturated rings. The number of hydrogen-bond donors (Lipinski definition) is 2. The van der Waals surface area contributed by atoms with Gasteiger partial charge in [0.15, 0.2) is 23.4 Å². The highest BCUT2D eigenvalue weighted by Crippen LogP contribution is 2.64. The molecule has 2 bridgehead atoms. The van der Waals surface area contributed by atoms with Crippen molar-refractivity contribution in [3.05, 3.63) is 23.3 Å². The molecular weight excluding hydrogens is 384 g/mol. The van der Waals surface area contributed by atoms with Gasteiger partial charge in [-0.25, -0.2) is 4.79 Å². The molecule has 162 valence electrons. The lowest BCUT2D eigenvalue weighted by Gasteiger charge is -2.62. The van der Waals surface area contributed by atoms with Crippen LogP contribution < -0.4 is 15.2 Å². The third kappa shape index (κ3) is 2.31. The zero-order valence-electron chi connectivity index (χ0n) is 17.8. The second-order valence-corrected chi connectivity index (χ2v) is 9.57. The monoisotopic (exact) mass is 414 g/mol. The molecule has 1 spiro atoms. The molecule has 1 aromatic rings. The van der Waals surface area contributed by atoms with Crippen molar-refractivity contribution in [3.8, 4) is 11.5 Å². The van der Waals surface area contributed by atoms with Gasteiger partial charge in [-0.2, -0.15) is 0 Å². The minimum atomic E-state index is -1.04. The van der Waals surface area contributed by atoms with Crippen LogP contribution in [-0.2, 0) is 21.4 Å². The number of rotatable bonds is 4. The molecule has 2 aliphatic carbocycles. The lowest BCUT2D eigenvalue weighted by Crippen LogP contribution is -2.76. The maximum Gasteiger partial charge on any atom is 0.328 e. The predicted molar refractivity (Wildman–Crippen MR) is 110 cm³/mol. The molecule has 4 aliphatic rings. The van der Waals surface area contributed by atoms with E-state index in [1.807, 2.05) is 27.0 Å². The van der Waals surface area contributed by atoms with Gasteiger partial charge in [0.1, 0.15) is 6.04 Å². The SMILES string of the molecule is CC[C@H](C)[C@H](N)C(=O)Oc1ccc2c3c1O[C@H]1C(=O)CC[C@@]4(O)[C@@H](C2)N(C)CC[C@]314. The molecule has 0 radical (unpaired) electrons. The van der Waals surface area contributed by atoms with Crippen molar-refractivity contribution in [2.24, 2.45) is 11.7 Å². The molecule has 1 saturated heterocycles. The maximum atomic E-state index is 12.9. The van der Waals surface area contributed by atoms with Gasteiger partial charge >= 0.3 is 5.97 Å². The van der Waals surface area contributed by atoms with E-state index in [1.54, 1.807) is 6.07 Å². The molecule has 5 rings (SSSR count). The number of hydrogen-bond acceptors (Lipinski definition) is 7. The van der Waals surface area contributed by atoms with E-state index < -0.39 is 29.1 Å². The molecular formula is C23H30N2O5. The Hall–Kier alpha value is -1.96. The summed E-state index contributed by atoms with van der Waals surface area (Å²) in [5.41, 5.74) is 6.19. The highest BCUT2D eigenvalue weighted by atomic mass is 16.6. The number of nitrogens with two attached hydrogens (primary N) is 1. The fraction of sp³-hybridized carbons (Fsp3) is 0.652. The largest absolute Gasteiger partial charge is 0.477 e. The average Bonchev–Trinajstić information content (AvgIpc) is 3.09. The van der Waals surface area contributed by atoms with Crippen molar-refractivity contribution in [3.63, 3.8) is 0 Å². The minimum absolute atomic E-state index is 0.00731. The molecule has 30 heavy (non-hydrogen) atoms. The van der Waals surface area contributed by atoms with Crippen LogP contribution in [0, 0.1) is 5.92 Å². The van der Waals surface area contributed by atoms with Crippen LogP contribution in [0.4, 0.5) is 0 Å². The summed E-state index contributed by atoms with van der Waals surface area (Å²) in [5.74, 6) is 0.246. The molecule has 2 aliphatic heterocycles. The Morgan fingerprint density at radius 3 is 2.93 bits per heavy atom. The zero-order chi connectivity index (χ0) is 21.4. The summed E-state index contributed by atoms with van der Waals surface area (Å²) in [6.45, 7) is 4.67. The van der Waals surface area contributed by atoms with E-state index in [-0.39, 0.29) is 17.7 Å². The van der Waals surface area contributed by atoms with Gasteiger partial charge in [0.25, 0.3) is 0 Å². The maximum absolute atomic E-state index is 12.9. The van der Waals surface area contributed by atoms with Gasteiger partial charge in [0.05, 0.1) is 11.0 Å². The van der Waals surface area contributed by atoms with Gasteiger partial charge in [-0.1, -0.05) is 26.3 Å². The van der Waals surface area contributed by atoms with E-state index in [1.165, 1.54) is 0 Å². The molecule has 0 amide bonds. The molecule has 0 aromatic heterocycles. The second-order valence-electron chi connectivity index (χ2n) is 9.57. The third-order valence-electron chi connectivity index (χ3n) is 8.25. The summed E-state index contributed by atoms with van der Waals surface area (Å²) in [6, 6.07) is 2.91. The number of benzene rings is 1. The van der Waals surface area contributed by atoms with Crippen molar-refractivity contribution in [1.29, 1.82) is 0 Å². The Bertz CT molecular complexity index is 932. The number of Topliss-reactive ketones (excluding diaryl/α,β-unsaturated/α-hetero) is 1. The van der Waals surface area contributed by atoms with Crippen molar-refractivity contribution >= 4 is 11.8 Å². The van der Waals surface area contributed by atoms with E-state index in [4.69, 9.17) is 15.2 Å². The van der Waals surface area contributed by atoms with Gasteiger partial charge in [-0.3, -0.25) is 4.79 Å². The van der Waals surface area contributed by atoms with E-state index in [0.29, 0.717) is 37.2 Å². The van der Waals surface area contributed by atoms with E-state index in [9.17, 15) is 14.7 Å². The first-order chi connectivity index (χ1) is 14.2.